The molecule has 0 spiro atoms. The molecule has 3 rings (SSSR count). The third-order valence-corrected chi connectivity index (χ3v) is 9.15. The first-order chi connectivity index (χ1) is 14.0. The monoisotopic (exact) mass is 503 g/mol. The zero-order valence-corrected chi connectivity index (χ0v) is 18.1. The first-order valence-corrected chi connectivity index (χ1v) is 11.9. The third kappa shape index (κ3) is 4.06. The zero-order valence-electron chi connectivity index (χ0n) is 15.7. The molecule has 0 unspecified atom stereocenters. The Kier molecular flexibility index (Phi) is 5.70. The van der Waals surface area contributed by atoms with Crippen LogP contribution in [-0.2, 0) is 24.6 Å². The SMILES string of the molecule is CC1(NS(=O)(=O)C(F)(F)F)CC(c2cc(F)ccc2F)(S(=O)(=O)c2ccc(Cl)cc2)C1. The van der Waals surface area contributed by atoms with Crippen molar-refractivity contribution in [2.24, 2.45) is 0 Å². The van der Waals surface area contributed by atoms with E-state index in [0.717, 1.165) is 25.1 Å². The van der Waals surface area contributed by atoms with E-state index in [4.69, 9.17) is 11.6 Å². The van der Waals surface area contributed by atoms with Gasteiger partial charge >= 0.3 is 15.5 Å². The van der Waals surface area contributed by atoms with Crippen LogP contribution in [0.4, 0.5) is 22.0 Å². The van der Waals surface area contributed by atoms with E-state index in [9.17, 15) is 38.8 Å². The van der Waals surface area contributed by atoms with Crippen molar-refractivity contribution in [1.82, 2.24) is 4.72 Å². The molecule has 1 aliphatic carbocycles. The van der Waals surface area contributed by atoms with Gasteiger partial charge in [0.2, 0.25) is 0 Å². The molecule has 170 valence electrons. The molecule has 0 saturated heterocycles. The highest BCUT2D eigenvalue weighted by atomic mass is 35.5. The molecule has 31 heavy (non-hydrogen) atoms. The smallest absolute Gasteiger partial charge is 0.223 e. The van der Waals surface area contributed by atoms with Crippen LogP contribution in [-0.4, -0.2) is 27.9 Å². The summed E-state index contributed by atoms with van der Waals surface area (Å²) >= 11 is 5.76. The lowest BCUT2D eigenvalue weighted by Gasteiger charge is -2.53. The molecule has 5 nitrogen and oxygen atoms in total. The van der Waals surface area contributed by atoms with Crippen LogP contribution < -0.4 is 4.72 Å². The van der Waals surface area contributed by atoms with Crippen LogP contribution in [0.1, 0.15) is 25.3 Å². The van der Waals surface area contributed by atoms with E-state index in [1.165, 1.54) is 16.9 Å². The summed E-state index contributed by atoms with van der Waals surface area (Å²) < 4.78 is 116. The van der Waals surface area contributed by atoms with Crippen LogP contribution in [0.15, 0.2) is 47.4 Å². The molecule has 1 saturated carbocycles. The molecule has 13 heteroatoms. The molecule has 0 bridgehead atoms. The van der Waals surface area contributed by atoms with Crippen molar-refractivity contribution in [3.8, 4) is 0 Å². The minimum Gasteiger partial charge on any atom is -0.223 e. The molecule has 0 aliphatic heterocycles. The second-order valence-electron chi connectivity index (χ2n) is 7.54. The predicted molar refractivity (Wildman–Crippen MR) is 102 cm³/mol. The summed E-state index contributed by atoms with van der Waals surface area (Å²) in [7, 11) is -10.3. The first kappa shape index (κ1) is 23.9. The molecule has 2 aromatic carbocycles. The summed E-state index contributed by atoms with van der Waals surface area (Å²) in [6, 6.07) is 6.81. The highest BCUT2D eigenvalue weighted by Gasteiger charge is 2.64. The van der Waals surface area contributed by atoms with Crippen molar-refractivity contribution in [1.29, 1.82) is 0 Å². The number of rotatable bonds is 5. The molecule has 0 amide bonds. The van der Waals surface area contributed by atoms with E-state index < -0.39 is 65.7 Å². The zero-order chi connectivity index (χ0) is 23.5. The van der Waals surface area contributed by atoms with E-state index in [2.05, 4.69) is 0 Å². The van der Waals surface area contributed by atoms with Gasteiger partial charge in [0, 0.05) is 16.1 Å². The fraction of sp³-hybridized carbons (Fsp3) is 0.333. The maximum Gasteiger partial charge on any atom is 0.511 e. The van der Waals surface area contributed by atoms with Gasteiger partial charge in [-0.3, -0.25) is 0 Å². The lowest BCUT2D eigenvalue weighted by molar-refractivity contribution is -0.0466. The first-order valence-electron chi connectivity index (χ1n) is 8.59. The number of benzene rings is 2. The topological polar surface area (TPSA) is 80.3 Å². The number of nitrogens with one attached hydrogen (secondary N) is 1. The van der Waals surface area contributed by atoms with Gasteiger partial charge in [-0.15, -0.1) is 0 Å². The molecule has 1 fully saturated rings. The molecule has 0 atom stereocenters. The summed E-state index contributed by atoms with van der Waals surface area (Å²) in [5, 5.41) is 0.196. The minimum absolute atomic E-state index is 0.196. The minimum atomic E-state index is -5.81. The average Bonchev–Trinajstić information content (AvgIpc) is 2.60. The van der Waals surface area contributed by atoms with Crippen molar-refractivity contribution in [3.63, 3.8) is 0 Å². The Hall–Kier alpha value is -1.76. The Bertz CT molecular complexity index is 1220. The highest BCUT2D eigenvalue weighted by molar-refractivity contribution is 7.92. The Morgan fingerprint density at radius 3 is 2.03 bits per heavy atom. The van der Waals surface area contributed by atoms with Gasteiger partial charge in [-0.2, -0.15) is 13.2 Å². The van der Waals surface area contributed by atoms with Gasteiger partial charge in [0.1, 0.15) is 16.4 Å². The third-order valence-electron chi connectivity index (χ3n) is 5.09. The van der Waals surface area contributed by atoms with Gasteiger partial charge in [0.05, 0.1) is 4.90 Å². The number of alkyl halides is 3. The van der Waals surface area contributed by atoms with Gasteiger partial charge in [0.15, 0.2) is 9.84 Å². The largest absolute Gasteiger partial charge is 0.511 e. The van der Waals surface area contributed by atoms with Crippen molar-refractivity contribution in [2.75, 3.05) is 0 Å². The molecular weight excluding hydrogens is 489 g/mol. The van der Waals surface area contributed by atoms with Gasteiger partial charge in [0.25, 0.3) is 0 Å². The van der Waals surface area contributed by atoms with Gasteiger partial charge in [-0.1, -0.05) is 11.6 Å². The van der Waals surface area contributed by atoms with Gasteiger partial charge in [-0.05, 0) is 62.2 Å². The Labute approximate surface area is 180 Å². The van der Waals surface area contributed by atoms with E-state index in [0.29, 0.717) is 12.1 Å². The quantitative estimate of drug-likeness (QED) is 0.618. The van der Waals surface area contributed by atoms with Crippen molar-refractivity contribution >= 4 is 31.5 Å². The lowest BCUT2D eigenvalue weighted by Crippen LogP contribution is -2.66. The van der Waals surface area contributed by atoms with Crippen molar-refractivity contribution in [3.05, 3.63) is 64.7 Å². The molecule has 0 heterocycles. The standard InChI is InChI=1S/C18H15ClF5NO4S2/c1-16(25-31(28,29)18(22,23)24)9-17(10-16,14-8-12(20)4-7-15(14)21)30(26,27)13-5-2-11(19)3-6-13/h2-8,25H,9-10H2,1H3. The maximum atomic E-state index is 14.6. The second kappa shape index (κ2) is 7.39. The van der Waals surface area contributed by atoms with E-state index in [1.807, 2.05) is 0 Å². The Morgan fingerprint density at radius 2 is 1.52 bits per heavy atom. The summed E-state index contributed by atoms with van der Waals surface area (Å²) in [6.07, 6.45) is -1.53. The summed E-state index contributed by atoms with van der Waals surface area (Å²) in [6.45, 7) is 1.06. The predicted octanol–water partition coefficient (Wildman–Crippen LogP) is 4.28. The second-order valence-corrected chi connectivity index (χ2v) is 11.9. The molecule has 0 aromatic heterocycles. The lowest BCUT2D eigenvalue weighted by atomic mass is 9.66. The van der Waals surface area contributed by atoms with E-state index >= 15 is 0 Å². The fourth-order valence-electron chi connectivity index (χ4n) is 3.87. The van der Waals surface area contributed by atoms with Crippen molar-refractivity contribution < 1.29 is 38.8 Å². The molecule has 1 aliphatic rings. The summed E-state index contributed by atoms with van der Waals surface area (Å²) in [4.78, 5) is -0.332. The van der Waals surface area contributed by atoms with Gasteiger partial charge < -0.3 is 0 Å². The van der Waals surface area contributed by atoms with E-state index in [-0.39, 0.29) is 9.92 Å². The Morgan fingerprint density at radius 1 is 0.968 bits per heavy atom. The van der Waals surface area contributed by atoms with Crippen LogP contribution in [0.25, 0.3) is 0 Å². The van der Waals surface area contributed by atoms with Crippen molar-refractivity contribution in [2.45, 2.75) is 40.5 Å². The van der Waals surface area contributed by atoms with Gasteiger partial charge in [-0.25, -0.2) is 30.3 Å². The van der Waals surface area contributed by atoms with Crippen LogP contribution >= 0.6 is 11.6 Å². The molecule has 2 aromatic rings. The number of sulfonamides is 1. The summed E-state index contributed by atoms with van der Waals surface area (Å²) in [5.74, 6) is -2.06. The van der Waals surface area contributed by atoms with Crippen LogP contribution in [0.3, 0.4) is 0 Å². The highest BCUT2D eigenvalue weighted by Crippen LogP contribution is 2.57. The average molecular weight is 504 g/mol. The molecule has 1 N–H and O–H groups in total. The molecular formula is C18H15ClF5NO4S2. The van der Waals surface area contributed by atoms with Crippen LogP contribution in [0.2, 0.25) is 5.02 Å². The number of hydrogen-bond donors (Lipinski definition) is 1. The number of sulfone groups is 1. The normalized spacial score (nSPS) is 24.6. The number of hydrogen-bond acceptors (Lipinski definition) is 4. The molecule has 0 radical (unpaired) electrons. The maximum absolute atomic E-state index is 14.6. The summed E-state index contributed by atoms with van der Waals surface area (Å²) in [5.41, 5.74) is -8.12. The van der Waals surface area contributed by atoms with E-state index in [1.54, 1.807) is 0 Å². The number of halogens is 6. The van der Waals surface area contributed by atoms with Crippen LogP contribution in [0, 0.1) is 11.6 Å². The Balaban J connectivity index is 2.13. The fourth-order valence-corrected chi connectivity index (χ4v) is 7.32. The van der Waals surface area contributed by atoms with Crippen LogP contribution in [0.5, 0.6) is 0 Å².